The highest BCUT2D eigenvalue weighted by atomic mass is 32.2. The van der Waals surface area contributed by atoms with Gasteiger partial charge in [-0.05, 0) is 49.6 Å². The third kappa shape index (κ3) is 4.10. The number of thioether (sulfide) groups is 1. The van der Waals surface area contributed by atoms with E-state index in [2.05, 4.69) is 10.2 Å². The van der Waals surface area contributed by atoms with Gasteiger partial charge < -0.3 is 10.5 Å². The summed E-state index contributed by atoms with van der Waals surface area (Å²) in [6.07, 6.45) is 2.94. The quantitative estimate of drug-likeness (QED) is 0.821. The lowest BCUT2D eigenvalue weighted by atomic mass is 10.1. The summed E-state index contributed by atoms with van der Waals surface area (Å²) in [7, 11) is 0. The number of halogens is 1. The fraction of sp³-hybridized carbons (Fsp3) is 0.500. The number of hydrogen-bond acceptors (Lipinski definition) is 5. The van der Waals surface area contributed by atoms with E-state index in [9.17, 15) is 4.39 Å². The van der Waals surface area contributed by atoms with Gasteiger partial charge in [0.2, 0.25) is 0 Å². The van der Waals surface area contributed by atoms with Gasteiger partial charge in [-0.3, -0.25) is 4.57 Å². The van der Waals surface area contributed by atoms with Crippen molar-refractivity contribution in [3.8, 4) is 5.69 Å². The second-order valence-corrected chi connectivity index (χ2v) is 6.63. The summed E-state index contributed by atoms with van der Waals surface area (Å²) in [5.41, 5.74) is 6.53. The van der Waals surface area contributed by atoms with E-state index in [4.69, 9.17) is 10.5 Å². The first-order valence-electron chi connectivity index (χ1n) is 7.89. The lowest BCUT2D eigenvalue weighted by Gasteiger charge is -2.21. The molecule has 1 aliphatic rings. The molecule has 2 aromatic rings. The van der Waals surface area contributed by atoms with Crippen molar-refractivity contribution in [2.45, 2.75) is 24.4 Å². The molecule has 2 heterocycles. The van der Waals surface area contributed by atoms with Gasteiger partial charge in [-0.2, -0.15) is 0 Å². The first kappa shape index (κ1) is 16.4. The van der Waals surface area contributed by atoms with Crippen LogP contribution in [0, 0.1) is 11.7 Å². The Morgan fingerprint density at radius 2 is 2.13 bits per heavy atom. The van der Waals surface area contributed by atoms with Crippen LogP contribution in [-0.2, 0) is 11.2 Å². The third-order valence-electron chi connectivity index (χ3n) is 3.86. The van der Waals surface area contributed by atoms with Crippen molar-refractivity contribution < 1.29 is 9.13 Å². The van der Waals surface area contributed by atoms with Gasteiger partial charge in [-0.25, -0.2) is 4.39 Å². The van der Waals surface area contributed by atoms with Gasteiger partial charge >= 0.3 is 0 Å². The Labute approximate surface area is 139 Å². The predicted octanol–water partition coefficient (Wildman–Crippen LogP) is 2.43. The molecule has 2 N–H and O–H groups in total. The van der Waals surface area contributed by atoms with Gasteiger partial charge in [-0.15, -0.1) is 10.2 Å². The van der Waals surface area contributed by atoms with Crippen LogP contribution in [0.4, 0.5) is 4.39 Å². The van der Waals surface area contributed by atoms with Gasteiger partial charge in [0.1, 0.15) is 11.6 Å². The summed E-state index contributed by atoms with van der Waals surface area (Å²) in [5.74, 6) is 2.05. The van der Waals surface area contributed by atoms with Crippen LogP contribution in [0.25, 0.3) is 5.69 Å². The fourth-order valence-corrected chi connectivity index (χ4v) is 3.75. The van der Waals surface area contributed by atoms with Crippen LogP contribution in [0.5, 0.6) is 0 Å². The monoisotopic (exact) mass is 336 g/mol. The summed E-state index contributed by atoms with van der Waals surface area (Å²) >= 11 is 1.67. The number of rotatable bonds is 6. The lowest BCUT2D eigenvalue weighted by Crippen LogP contribution is -2.19. The van der Waals surface area contributed by atoms with Crippen molar-refractivity contribution in [2.75, 3.05) is 25.5 Å². The highest BCUT2D eigenvalue weighted by molar-refractivity contribution is 7.99. The molecule has 124 valence electrons. The van der Waals surface area contributed by atoms with Crippen LogP contribution in [0.1, 0.15) is 18.7 Å². The molecule has 1 fully saturated rings. The van der Waals surface area contributed by atoms with E-state index in [1.165, 1.54) is 18.6 Å². The molecule has 1 aromatic heterocycles. The molecule has 23 heavy (non-hydrogen) atoms. The van der Waals surface area contributed by atoms with E-state index in [0.29, 0.717) is 18.9 Å². The summed E-state index contributed by atoms with van der Waals surface area (Å²) in [5, 5.41) is 9.38. The molecule has 3 rings (SSSR count). The van der Waals surface area contributed by atoms with Crippen molar-refractivity contribution >= 4 is 11.8 Å². The molecule has 1 aromatic carbocycles. The van der Waals surface area contributed by atoms with Crippen LogP contribution in [0.2, 0.25) is 0 Å². The van der Waals surface area contributed by atoms with Gasteiger partial charge in [0.15, 0.2) is 5.16 Å². The van der Waals surface area contributed by atoms with Crippen LogP contribution in [0.3, 0.4) is 0 Å². The predicted molar refractivity (Wildman–Crippen MR) is 88.3 cm³/mol. The highest BCUT2D eigenvalue weighted by Crippen LogP contribution is 2.27. The summed E-state index contributed by atoms with van der Waals surface area (Å²) in [6, 6.07) is 6.38. The van der Waals surface area contributed by atoms with E-state index in [0.717, 1.165) is 42.1 Å². The van der Waals surface area contributed by atoms with Crippen LogP contribution in [-0.4, -0.2) is 40.3 Å². The van der Waals surface area contributed by atoms with Crippen LogP contribution < -0.4 is 5.73 Å². The minimum absolute atomic E-state index is 0.254. The van der Waals surface area contributed by atoms with Crippen molar-refractivity contribution in [1.82, 2.24) is 14.8 Å². The highest BCUT2D eigenvalue weighted by Gasteiger charge is 2.18. The van der Waals surface area contributed by atoms with E-state index < -0.39 is 0 Å². The molecule has 0 radical (unpaired) electrons. The molecule has 0 saturated carbocycles. The maximum absolute atomic E-state index is 13.2. The third-order valence-corrected chi connectivity index (χ3v) is 5.02. The summed E-state index contributed by atoms with van der Waals surface area (Å²) in [4.78, 5) is 0. The Kier molecular flexibility index (Phi) is 5.64. The zero-order valence-electron chi connectivity index (χ0n) is 12.9. The Morgan fingerprint density at radius 3 is 2.83 bits per heavy atom. The van der Waals surface area contributed by atoms with Crippen molar-refractivity contribution in [1.29, 1.82) is 0 Å². The molecular weight excluding hydrogens is 315 g/mol. The number of ether oxygens (including phenoxy) is 1. The normalized spacial score (nSPS) is 18.3. The van der Waals surface area contributed by atoms with Gasteiger partial charge in [0, 0.05) is 24.5 Å². The minimum Gasteiger partial charge on any atom is -0.381 e. The topological polar surface area (TPSA) is 66.0 Å². The molecule has 1 aliphatic heterocycles. The standard InChI is InChI=1S/C16H21FN4OS/c17-13-3-5-14(6-4-13)21-15(7-8-18)19-20-16(21)23-11-12-2-1-9-22-10-12/h3-6,12H,1-2,7-11,18H2/t12-/m0/s1. The average Bonchev–Trinajstić information content (AvgIpc) is 2.98. The smallest absolute Gasteiger partial charge is 0.195 e. The molecular formula is C16H21FN4OS. The van der Waals surface area contributed by atoms with Crippen molar-refractivity contribution in [3.05, 3.63) is 35.9 Å². The zero-order valence-corrected chi connectivity index (χ0v) is 13.8. The second kappa shape index (κ2) is 7.90. The Hall–Kier alpha value is -1.44. The number of aromatic nitrogens is 3. The van der Waals surface area contributed by atoms with Crippen molar-refractivity contribution in [2.24, 2.45) is 11.7 Å². The van der Waals surface area contributed by atoms with Crippen LogP contribution in [0.15, 0.2) is 29.4 Å². The lowest BCUT2D eigenvalue weighted by molar-refractivity contribution is 0.0632. The minimum atomic E-state index is -0.254. The molecule has 0 bridgehead atoms. The van der Waals surface area contributed by atoms with E-state index >= 15 is 0 Å². The van der Waals surface area contributed by atoms with E-state index in [1.807, 2.05) is 4.57 Å². The number of nitrogens with two attached hydrogens (primary N) is 1. The largest absolute Gasteiger partial charge is 0.381 e. The summed E-state index contributed by atoms with van der Waals surface area (Å²) < 4.78 is 20.7. The van der Waals surface area contributed by atoms with E-state index in [1.54, 1.807) is 23.9 Å². The molecule has 0 amide bonds. The molecule has 1 atom stereocenters. The number of benzene rings is 1. The molecule has 0 unspecified atom stereocenters. The van der Waals surface area contributed by atoms with Gasteiger partial charge in [0.05, 0.1) is 6.61 Å². The first-order valence-corrected chi connectivity index (χ1v) is 8.87. The first-order chi connectivity index (χ1) is 11.3. The molecule has 0 aliphatic carbocycles. The van der Waals surface area contributed by atoms with Gasteiger partial charge in [0.25, 0.3) is 0 Å². The average molecular weight is 336 g/mol. The Morgan fingerprint density at radius 1 is 1.30 bits per heavy atom. The summed E-state index contributed by atoms with van der Waals surface area (Å²) in [6.45, 7) is 2.18. The zero-order chi connectivity index (χ0) is 16.1. The van der Waals surface area contributed by atoms with E-state index in [-0.39, 0.29) is 5.82 Å². The Bertz CT molecular complexity index is 626. The maximum atomic E-state index is 13.2. The van der Waals surface area contributed by atoms with Crippen molar-refractivity contribution in [3.63, 3.8) is 0 Å². The second-order valence-electron chi connectivity index (χ2n) is 5.64. The molecule has 7 heteroatoms. The fourth-order valence-electron chi connectivity index (χ4n) is 2.67. The SMILES string of the molecule is NCCc1nnc(SC[C@H]2CCCOC2)n1-c1ccc(F)cc1. The molecule has 0 spiro atoms. The number of hydrogen-bond donors (Lipinski definition) is 1. The number of nitrogens with zero attached hydrogens (tertiary/aromatic N) is 3. The molecule has 1 saturated heterocycles. The van der Waals surface area contributed by atoms with Crippen LogP contribution >= 0.6 is 11.8 Å². The van der Waals surface area contributed by atoms with Gasteiger partial charge in [-0.1, -0.05) is 11.8 Å². The Balaban J connectivity index is 1.80. The maximum Gasteiger partial charge on any atom is 0.195 e. The molecule has 5 nitrogen and oxygen atoms in total.